The van der Waals surface area contributed by atoms with Crippen molar-refractivity contribution in [1.29, 1.82) is 0 Å². The van der Waals surface area contributed by atoms with Crippen LogP contribution in [0.1, 0.15) is 28.8 Å². The number of halogens is 3. The number of carbonyl (C=O) groups is 1. The maximum atomic E-state index is 13.8. The zero-order chi connectivity index (χ0) is 17.8. The topological polar surface area (TPSA) is 33.5 Å². The summed E-state index contributed by atoms with van der Waals surface area (Å²) in [5.41, 5.74) is 1.30. The average Bonchev–Trinajstić information content (AvgIpc) is 2.58. The summed E-state index contributed by atoms with van der Waals surface area (Å²) in [6.07, 6.45) is 1.76. The van der Waals surface area contributed by atoms with Gasteiger partial charge in [-0.25, -0.2) is 4.39 Å². The highest BCUT2D eigenvalue weighted by atomic mass is 35.5. The van der Waals surface area contributed by atoms with Crippen LogP contribution in [0, 0.1) is 5.82 Å². The van der Waals surface area contributed by atoms with Gasteiger partial charge in [0.05, 0.1) is 18.7 Å². The maximum Gasteiger partial charge on any atom is 0.254 e. The van der Waals surface area contributed by atoms with Gasteiger partial charge < -0.3 is 10.2 Å². The molecule has 0 saturated carbocycles. The van der Waals surface area contributed by atoms with Crippen LogP contribution in [-0.4, -0.2) is 25.0 Å². The molecule has 0 radical (unpaired) electrons. The predicted octanol–water partition coefficient (Wildman–Crippen LogP) is 3.11. The number of quaternary nitrogens is 1. The molecule has 0 aliphatic carbocycles. The lowest BCUT2D eigenvalue weighted by molar-refractivity contribution is -0.918. The molecule has 2 aromatic rings. The predicted molar refractivity (Wildman–Crippen MR) is 97.8 cm³/mol. The number of likely N-dealkylation sites (tertiary alicyclic amines) is 1. The summed E-state index contributed by atoms with van der Waals surface area (Å²) in [6.45, 7) is 2.89. The SMILES string of the molecule is O=C(NC1CC[NH+](Cc2ccc(Cl)cc2)CC1)c1ccc(Cl)cc1F. The van der Waals surface area contributed by atoms with Crippen molar-refractivity contribution >= 4 is 29.1 Å². The van der Waals surface area contributed by atoms with E-state index in [4.69, 9.17) is 23.2 Å². The van der Waals surface area contributed by atoms with E-state index in [1.54, 1.807) is 0 Å². The number of hydrogen-bond donors (Lipinski definition) is 2. The highest BCUT2D eigenvalue weighted by Crippen LogP contribution is 2.15. The van der Waals surface area contributed by atoms with Crippen molar-refractivity contribution in [3.05, 3.63) is 69.5 Å². The van der Waals surface area contributed by atoms with Gasteiger partial charge in [-0.3, -0.25) is 4.79 Å². The Labute approximate surface area is 156 Å². The Morgan fingerprint density at radius 3 is 2.36 bits per heavy atom. The Bertz CT molecular complexity index is 744. The van der Waals surface area contributed by atoms with Crippen molar-refractivity contribution in [2.45, 2.75) is 25.4 Å². The Hall–Kier alpha value is -1.62. The van der Waals surface area contributed by atoms with Crippen LogP contribution in [0.4, 0.5) is 4.39 Å². The lowest BCUT2D eigenvalue weighted by Crippen LogP contribution is -3.12. The Morgan fingerprint density at radius 2 is 1.72 bits per heavy atom. The normalized spacial score (nSPS) is 20.3. The van der Waals surface area contributed by atoms with Gasteiger partial charge in [-0.2, -0.15) is 0 Å². The molecule has 0 aromatic heterocycles. The number of amides is 1. The van der Waals surface area contributed by atoms with Gasteiger partial charge in [-0.1, -0.05) is 35.3 Å². The molecule has 1 aliphatic rings. The van der Waals surface area contributed by atoms with E-state index >= 15 is 0 Å². The number of carbonyl (C=O) groups excluding carboxylic acids is 1. The van der Waals surface area contributed by atoms with Gasteiger partial charge >= 0.3 is 0 Å². The molecule has 2 aromatic carbocycles. The van der Waals surface area contributed by atoms with E-state index in [0.29, 0.717) is 0 Å². The molecule has 0 atom stereocenters. The van der Waals surface area contributed by atoms with Crippen molar-refractivity contribution in [2.24, 2.45) is 0 Å². The van der Waals surface area contributed by atoms with Gasteiger partial charge in [-0.15, -0.1) is 0 Å². The zero-order valence-electron chi connectivity index (χ0n) is 13.7. The molecule has 6 heteroatoms. The molecule has 132 valence electrons. The molecule has 1 aliphatic heterocycles. The second-order valence-corrected chi connectivity index (χ2v) is 7.30. The van der Waals surface area contributed by atoms with E-state index in [-0.39, 0.29) is 22.5 Å². The van der Waals surface area contributed by atoms with E-state index in [2.05, 4.69) is 5.32 Å². The molecule has 0 unspecified atom stereocenters. The van der Waals surface area contributed by atoms with E-state index in [1.165, 1.54) is 22.6 Å². The average molecular weight is 382 g/mol. The molecular formula is C19H20Cl2FN2O+. The van der Waals surface area contributed by atoms with Crippen molar-refractivity contribution in [2.75, 3.05) is 13.1 Å². The lowest BCUT2D eigenvalue weighted by Gasteiger charge is -2.30. The van der Waals surface area contributed by atoms with Gasteiger partial charge in [0.25, 0.3) is 5.91 Å². The minimum Gasteiger partial charge on any atom is -0.349 e. The first-order valence-corrected chi connectivity index (χ1v) is 9.11. The van der Waals surface area contributed by atoms with Crippen LogP contribution >= 0.6 is 23.2 Å². The van der Waals surface area contributed by atoms with Crippen LogP contribution in [-0.2, 0) is 6.54 Å². The number of benzene rings is 2. The fourth-order valence-corrected chi connectivity index (χ4v) is 3.46. The Balaban J connectivity index is 1.50. The summed E-state index contributed by atoms with van der Waals surface area (Å²) in [5.74, 6) is -0.962. The van der Waals surface area contributed by atoms with Crippen LogP contribution in [0.2, 0.25) is 10.0 Å². The van der Waals surface area contributed by atoms with Gasteiger partial charge in [0, 0.05) is 34.5 Å². The summed E-state index contributed by atoms with van der Waals surface area (Å²) < 4.78 is 13.8. The Morgan fingerprint density at radius 1 is 1.08 bits per heavy atom. The third-order valence-corrected chi connectivity index (χ3v) is 5.06. The van der Waals surface area contributed by atoms with E-state index in [1.807, 2.05) is 24.3 Å². The monoisotopic (exact) mass is 381 g/mol. The lowest BCUT2D eigenvalue weighted by atomic mass is 10.0. The first-order valence-electron chi connectivity index (χ1n) is 8.35. The Kier molecular flexibility index (Phi) is 5.94. The van der Waals surface area contributed by atoms with E-state index in [0.717, 1.165) is 43.6 Å². The van der Waals surface area contributed by atoms with Crippen LogP contribution < -0.4 is 10.2 Å². The summed E-state index contributed by atoms with van der Waals surface area (Å²) in [4.78, 5) is 13.7. The first kappa shape index (κ1) is 18.2. The second-order valence-electron chi connectivity index (χ2n) is 6.43. The van der Waals surface area contributed by atoms with Gasteiger partial charge in [-0.05, 0) is 30.3 Å². The molecule has 3 rings (SSSR count). The smallest absolute Gasteiger partial charge is 0.254 e. The molecule has 2 N–H and O–H groups in total. The van der Waals surface area contributed by atoms with Crippen LogP contribution in [0.5, 0.6) is 0 Å². The van der Waals surface area contributed by atoms with Crippen molar-refractivity contribution in [3.63, 3.8) is 0 Å². The fraction of sp³-hybridized carbons (Fsp3) is 0.316. The number of piperidine rings is 1. The van der Waals surface area contributed by atoms with Gasteiger partial charge in [0.2, 0.25) is 0 Å². The van der Waals surface area contributed by atoms with Crippen LogP contribution in [0.3, 0.4) is 0 Å². The third-order valence-electron chi connectivity index (χ3n) is 4.57. The molecule has 1 heterocycles. The third kappa shape index (κ3) is 4.94. The molecule has 1 amide bonds. The zero-order valence-corrected chi connectivity index (χ0v) is 15.2. The maximum absolute atomic E-state index is 13.8. The molecule has 0 spiro atoms. The highest BCUT2D eigenvalue weighted by molar-refractivity contribution is 6.30. The van der Waals surface area contributed by atoms with Crippen molar-refractivity contribution < 1.29 is 14.1 Å². The molecule has 0 bridgehead atoms. The van der Waals surface area contributed by atoms with E-state index < -0.39 is 5.82 Å². The summed E-state index contributed by atoms with van der Waals surface area (Å²) in [7, 11) is 0. The summed E-state index contributed by atoms with van der Waals surface area (Å²) in [6, 6.07) is 12.1. The largest absolute Gasteiger partial charge is 0.349 e. The summed E-state index contributed by atoms with van der Waals surface area (Å²) >= 11 is 11.6. The number of nitrogens with one attached hydrogen (secondary N) is 2. The summed E-state index contributed by atoms with van der Waals surface area (Å²) in [5, 5.41) is 3.96. The number of rotatable bonds is 4. The minimum absolute atomic E-state index is 0.0420. The number of hydrogen-bond acceptors (Lipinski definition) is 1. The quantitative estimate of drug-likeness (QED) is 0.837. The molecule has 1 saturated heterocycles. The fourth-order valence-electron chi connectivity index (χ4n) is 3.17. The molecule has 1 fully saturated rings. The molecule has 3 nitrogen and oxygen atoms in total. The second kappa shape index (κ2) is 8.17. The van der Waals surface area contributed by atoms with E-state index in [9.17, 15) is 9.18 Å². The van der Waals surface area contributed by atoms with Crippen LogP contribution in [0.25, 0.3) is 0 Å². The van der Waals surface area contributed by atoms with Gasteiger partial charge in [0.1, 0.15) is 12.4 Å². The van der Waals surface area contributed by atoms with Crippen molar-refractivity contribution in [3.8, 4) is 0 Å². The standard InChI is InChI=1S/C19H19Cl2FN2O/c20-14-3-1-13(2-4-14)12-24-9-7-16(8-10-24)23-19(25)17-6-5-15(21)11-18(17)22/h1-6,11,16H,7-10,12H2,(H,23,25)/p+1. The molecular weight excluding hydrogens is 362 g/mol. The highest BCUT2D eigenvalue weighted by Gasteiger charge is 2.24. The minimum atomic E-state index is -0.587. The molecule has 25 heavy (non-hydrogen) atoms. The van der Waals surface area contributed by atoms with Crippen LogP contribution in [0.15, 0.2) is 42.5 Å². The van der Waals surface area contributed by atoms with Crippen molar-refractivity contribution in [1.82, 2.24) is 5.32 Å². The first-order chi connectivity index (χ1) is 12.0. The van der Waals surface area contributed by atoms with Gasteiger partial charge in [0.15, 0.2) is 0 Å².